The van der Waals surface area contributed by atoms with Gasteiger partial charge in [-0.3, -0.25) is 0 Å². The van der Waals surface area contributed by atoms with Crippen LogP contribution in [0.3, 0.4) is 0 Å². The van der Waals surface area contributed by atoms with Crippen LogP contribution < -0.4 is 10.6 Å². The van der Waals surface area contributed by atoms with Crippen LogP contribution in [-0.2, 0) is 12.0 Å². The number of rotatable bonds is 7. The topological polar surface area (TPSA) is 62.5 Å². The first kappa shape index (κ1) is 22.2. The van der Waals surface area contributed by atoms with Crippen molar-refractivity contribution < 1.29 is 4.42 Å². The van der Waals surface area contributed by atoms with Crippen LogP contribution in [0.1, 0.15) is 66.0 Å². The Balaban J connectivity index is 0.00000484. The van der Waals surface area contributed by atoms with Crippen molar-refractivity contribution in [2.75, 3.05) is 13.1 Å². The van der Waals surface area contributed by atoms with Crippen molar-refractivity contribution >= 4 is 29.9 Å². The quantitative estimate of drug-likeness (QED) is 0.384. The zero-order valence-electron chi connectivity index (χ0n) is 15.4. The van der Waals surface area contributed by atoms with E-state index in [2.05, 4.69) is 62.2 Å². The van der Waals surface area contributed by atoms with E-state index >= 15 is 0 Å². The number of aromatic nitrogens is 1. The van der Waals surface area contributed by atoms with Gasteiger partial charge in [-0.1, -0.05) is 47.5 Å². The Morgan fingerprint density at radius 3 is 2.35 bits per heavy atom. The van der Waals surface area contributed by atoms with Gasteiger partial charge in [0.05, 0.1) is 6.20 Å². The Bertz CT molecular complexity index is 461. The van der Waals surface area contributed by atoms with Crippen LogP contribution in [0.2, 0.25) is 0 Å². The summed E-state index contributed by atoms with van der Waals surface area (Å²) in [6.07, 6.45) is 4.16. The standard InChI is InChI=1S/C17H32N4O.HI/c1-7-13(8-2)10-20-16(18-9-3)21-12-15-19-11-14(22-15)17(4,5)6;/h11,13H,7-10,12H2,1-6H3,(H2,18,20,21);1H. The molecule has 1 aromatic heterocycles. The van der Waals surface area contributed by atoms with Gasteiger partial charge in [0.2, 0.25) is 5.89 Å². The molecule has 0 radical (unpaired) electrons. The predicted octanol–water partition coefficient (Wildman–Crippen LogP) is 4.08. The molecule has 5 nitrogen and oxygen atoms in total. The van der Waals surface area contributed by atoms with Crippen LogP contribution in [0, 0.1) is 5.92 Å². The Labute approximate surface area is 158 Å². The molecule has 0 saturated carbocycles. The molecule has 0 saturated heterocycles. The average Bonchev–Trinajstić information content (AvgIpc) is 2.94. The van der Waals surface area contributed by atoms with E-state index in [9.17, 15) is 0 Å². The number of hydrogen-bond acceptors (Lipinski definition) is 3. The smallest absolute Gasteiger partial charge is 0.216 e. The van der Waals surface area contributed by atoms with Crippen LogP contribution in [0.25, 0.3) is 0 Å². The van der Waals surface area contributed by atoms with E-state index in [1.807, 2.05) is 0 Å². The third kappa shape index (κ3) is 8.04. The fourth-order valence-electron chi connectivity index (χ4n) is 2.04. The van der Waals surface area contributed by atoms with Crippen LogP contribution in [0.5, 0.6) is 0 Å². The molecule has 0 aliphatic heterocycles. The van der Waals surface area contributed by atoms with Crippen LogP contribution in [0.15, 0.2) is 15.6 Å². The molecule has 0 amide bonds. The minimum Gasteiger partial charge on any atom is -0.443 e. The van der Waals surface area contributed by atoms with Gasteiger partial charge in [-0.25, -0.2) is 9.98 Å². The minimum atomic E-state index is -0.0206. The number of nitrogens with one attached hydrogen (secondary N) is 2. The van der Waals surface area contributed by atoms with Crippen molar-refractivity contribution in [1.82, 2.24) is 15.6 Å². The van der Waals surface area contributed by atoms with Gasteiger partial charge in [-0.05, 0) is 12.8 Å². The van der Waals surface area contributed by atoms with Gasteiger partial charge in [0, 0.05) is 18.5 Å². The van der Waals surface area contributed by atoms with E-state index in [4.69, 9.17) is 4.42 Å². The van der Waals surface area contributed by atoms with Gasteiger partial charge in [0.1, 0.15) is 12.3 Å². The molecule has 0 fully saturated rings. The molecular formula is C17H33IN4O. The maximum atomic E-state index is 5.77. The second-order valence-electron chi connectivity index (χ2n) is 6.63. The average molecular weight is 436 g/mol. The summed E-state index contributed by atoms with van der Waals surface area (Å²) in [5.41, 5.74) is -0.0206. The maximum absolute atomic E-state index is 5.77. The van der Waals surface area contributed by atoms with Crippen LogP contribution >= 0.6 is 24.0 Å². The summed E-state index contributed by atoms with van der Waals surface area (Å²) in [7, 11) is 0. The van der Waals surface area contributed by atoms with Crippen molar-refractivity contribution in [3.8, 4) is 0 Å². The third-order valence-electron chi connectivity index (χ3n) is 3.72. The SMILES string of the molecule is CCNC(=NCc1ncc(C(C)(C)C)o1)NCC(CC)CC.I. The molecule has 0 bridgehead atoms. The molecule has 0 aliphatic rings. The lowest BCUT2D eigenvalue weighted by Crippen LogP contribution is -2.39. The van der Waals surface area contributed by atoms with Gasteiger partial charge in [-0.2, -0.15) is 0 Å². The molecule has 0 spiro atoms. The fraction of sp³-hybridized carbons (Fsp3) is 0.765. The number of aliphatic imine (C=N–C) groups is 1. The molecule has 0 unspecified atom stereocenters. The first-order chi connectivity index (χ1) is 10.4. The van der Waals surface area contributed by atoms with Crippen molar-refractivity contribution in [1.29, 1.82) is 0 Å². The summed E-state index contributed by atoms with van der Waals surface area (Å²) < 4.78 is 5.77. The summed E-state index contributed by atoms with van der Waals surface area (Å²) in [4.78, 5) is 8.87. The maximum Gasteiger partial charge on any atom is 0.216 e. The van der Waals surface area contributed by atoms with Crippen molar-refractivity contribution in [2.24, 2.45) is 10.9 Å². The number of nitrogens with zero attached hydrogens (tertiary/aromatic N) is 2. The molecule has 0 aromatic carbocycles. The second kappa shape index (κ2) is 10.9. The first-order valence-electron chi connectivity index (χ1n) is 8.38. The van der Waals surface area contributed by atoms with E-state index in [-0.39, 0.29) is 29.4 Å². The van der Waals surface area contributed by atoms with E-state index in [1.54, 1.807) is 6.20 Å². The van der Waals surface area contributed by atoms with Crippen molar-refractivity contribution in [3.63, 3.8) is 0 Å². The molecule has 1 heterocycles. The molecule has 23 heavy (non-hydrogen) atoms. The Morgan fingerprint density at radius 1 is 1.22 bits per heavy atom. The van der Waals surface area contributed by atoms with Crippen molar-refractivity contribution in [2.45, 2.75) is 66.3 Å². The highest BCUT2D eigenvalue weighted by molar-refractivity contribution is 14.0. The monoisotopic (exact) mass is 436 g/mol. The summed E-state index contributed by atoms with van der Waals surface area (Å²) in [5.74, 6) is 3.06. The lowest BCUT2D eigenvalue weighted by atomic mass is 9.94. The van der Waals surface area contributed by atoms with Gasteiger partial charge in [0.25, 0.3) is 0 Å². The molecule has 0 aliphatic carbocycles. The highest BCUT2D eigenvalue weighted by atomic mass is 127. The Kier molecular flexibility index (Phi) is 10.5. The molecule has 2 N–H and O–H groups in total. The normalized spacial score (nSPS) is 12.2. The predicted molar refractivity (Wildman–Crippen MR) is 108 cm³/mol. The second-order valence-corrected chi connectivity index (χ2v) is 6.63. The number of hydrogen-bond donors (Lipinski definition) is 2. The molecular weight excluding hydrogens is 403 g/mol. The van der Waals surface area contributed by atoms with Crippen LogP contribution in [-0.4, -0.2) is 24.0 Å². The molecule has 134 valence electrons. The van der Waals surface area contributed by atoms with Crippen LogP contribution in [0.4, 0.5) is 0 Å². The van der Waals surface area contributed by atoms with E-state index in [0.29, 0.717) is 18.4 Å². The summed E-state index contributed by atoms with van der Waals surface area (Å²) in [6, 6.07) is 0. The Morgan fingerprint density at radius 2 is 1.87 bits per heavy atom. The van der Waals surface area contributed by atoms with Gasteiger partial charge >= 0.3 is 0 Å². The lowest BCUT2D eigenvalue weighted by Gasteiger charge is -2.16. The van der Waals surface area contributed by atoms with Crippen molar-refractivity contribution in [3.05, 3.63) is 17.8 Å². The summed E-state index contributed by atoms with van der Waals surface area (Å²) in [5, 5.41) is 6.66. The van der Waals surface area contributed by atoms with E-state index in [1.165, 1.54) is 12.8 Å². The fourth-order valence-corrected chi connectivity index (χ4v) is 2.04. The highest BCUT2D eigenvalue weighted by Gasteiger charge is 2.19. The molecule has 1 aromatic rings. The summed E-state index contributed by atoms with van der Waals surface area (Å²) >= 11 is 0. The molecule has 6 heteroatoms. The highest BCUT2D eigenvalue weighted by Crippen LogP contribution is 2.22. The van der Waals surface area contributed by atoms with Gasteiger partial charge < -0.3 is 15.1 Å². The zero-order valence-corrected chi connectivity index (χ0v) is 17.7. The third-order valence-corrected chi connectivity index (χ3v) is 3.72. The van der Waals surface area contributed by atoms with E-state index < -0.39 is 0 Å². The van der Waals surface area contributed by atoms with Gasteiger partial charge in [0.15, 0.2) is 5.96 Å². The number of halogens is 1. The minimum absolute atomic E-state index is 0. The summed E-state index contributed by atoms with van der Waals surface area (Å²) in [6.45, 7) is 15.1. The molecule has 1 rings (SSSR count). The zero-order chi connectivity index (χ0) is 16.6. The molecule has 0 atom stereocenters. The first-order valence-corrected chi connectivity index (χ1v) is 8.38. The van der Waals surface area contributed by atoms with E-state index in [0.717, 1.165) is 24.8 Å². The van der Waals surface area contributed by atoms with Gasteiger partial charge in [-0.15, -0.1) is 24.0 Å². The Hall–Kier alpha value is -0.790. The lowest BCUT2D eigenvalue weighted by molar-refractivity contribution is 0.383. The number of oxazole rings is 1. The number of guanidine groups is 1. The largest absolute Gasteiger partial charge is 0.443 e.